The first kappa shape index (κ1) is 21.0. The van der Waals surface area contributed by atoms with Crippen LogP contribution in [0.3, 0.4) is 0 Å². The molecule has 0 spiro atoms. The average Bonchev–Trinajstić information content (AvgIpc) is 3.23. The molecule has 0 aromatic heterocycles. The summed E-state index contributed by atoms with van der Waals surface area (Å²) in [5, 5.41) is 0. The van der Waals surface area contributed by atoms with Crippen molar-refractivity contribution in [2.45, 2.75) is 48.9 Å². The molecule has 1 fully saturated rings. The minimum Gasteiger partial charge on any atom is -0.207 e. The van der Waals surface area contributed by atoms with E-state index in [1.165, 1.54) is 28.6 Å². The van der Waals surface area contributed by atoms with Crippen molar-refractivity contribution in [3.63, 3.8) is 0 Å². The van der Waals surface area contributed by atoms with Gasteiger partial charge in [-0.2, -0.15) is 4.31 Å². The molecule has 6 nitrogen and oxygen atoms in total. The number of sulfonamides is 2. The van der Waals surface area contributed by atoms with Crippen molar-refractivity contribution in [1.82, 2.24) is 9.03 Å². The molecular formula is C20H26N2O4S2. The number of aryl methyl sites for hydroxylation is 1. The molecule has 1 saturated heterocycles. The average molecular weight is 423 g/mol. The second kappa shape index (κ2) is 8.32. The molecule has 0 radical (unpaired) electrons. The predicted molar refractivity (Wildman–Crippen MR) is 109 cm³/mol. The molecule has 3 rings (SSSR count). The molecule has 0 aliphatic carbocycles. The van der Waals surface area contributed by atoms with E-state index in [0.717, 1.165) is 24.0 Å². The minimum absolute atomic E-state index is 0.0541. The van der Waals surface area contributed by atoms with Crippen LogP contribution in [0.4, 0.5) is 0 Å². The lowest BCUT2D eigenvalue weighted by molar-refractivity contribution is 0.477. The summed E-state index contributed by atoms with van der Waals surface area (Å²) in [6.45, 7) is 4.92. The van der Waals surface area contributed by atoms with Gasteiger partial charge in [0.15, 0.2) is 0 Å². The Hall–Kier alpha value is -1.74. The Balaban J connectivity index is 1.80. The van der Waals surface area contributed by atoms with Crippen molar-refractivity contribution in [3.8, 4) is 0 Å². The topological polar surface area (TPSA) is 83.5 Å². The van der Waals surface area contributed by atoms with Crippen LogP contribution in [0.1, 0.15) is 43.4 Å². The molecule has 0 unspecified atom stereocenters. The van der Waals surface area contributed by atoms with E-state index in [4.69, 9.17) is 0 Å². The first-order chi connectivity index (χ1) is 13.2. The van der Waals surface area contributed by atoms with E-state index in [-0.39, 0.29) is 15.8 Å². The molecule has 1 heterocycles. The highest BCUT2D eigenvalue weighted by Crippen LogP contribution is 2.24. The second-order valence-corrected chi connectivity index (χ2v) is 10.7. The third-order valence-electron chi connectivity index (χ3n) is 5.02. The van der Waals surface area contributed by atoms with Crippen molar-refractivity contribution >= 4 is 20.0 Å². The van der Waals surface area contributed by atoms with E-state index < -0.39 is 20.0 Å². The highest BCUT2D eigenvalue weighted by Gasteiger charge is 2.28. The fourth-order valence-corrected chi connectivity index (χ4v) is 6.13. The molecule has 0 amide bonds. The summed E-state index contributed by atoms with van der Waals surface area (Å²) in [6, 6.07) is 12.8. The van der Waals surface area contributed by atoms with Gasteiger partial charge in [0.05, 0.1) is 9.79 Å². The van der Waals surface area contributed by atoms with Crippen LogP contribution >= 0.6 is 0 Å². The van der Waals surface area contributed by atoms with Crippen LogP contribution in [0, 0.1) is 6.92 Å². The Kier molecular flexibility index (Phi) is 6.24. The van der Waals surface area contributed by atoms with Crippen molar-refractivity contribution in [2.75, 3.05) is 13.1 Å². The first-order valence-corrected chi connectivity index (χ1v) is 12.4. The largest absolute Gasteiger partial charge is 0.243 e. The van der Waals surface area contributed by atoms with E-state index in [1.807, 2.05) is 38.1 Å². The first-order valence-electron chi connectivity index (χ1n) is 9.43. The number of benzene rings is 2. The summed E-state index contributed by atoms with van der Waals surface area (Å²) in [7, 11) is -7.33. The Labute approximate surface area is 167 Å². The molecule has 1 aliphatic heterocycles. The molecule has 2 aromatic carbocycles. The zero-order valence-corrected chi connectivity index (χ0v) is 17.8. The smallest absolute Gasteiger partial charge is 0.207 e. The van der Waals surface area contributed by atoms with Gasteiger partial charge in [-0.1, -0.05) is 36.8 Å². The zero-order valence-electron chi connectivity index (χ0n) is 16.1. The molecule has 1 atom stereocenters. The molecule has 152 valence electrons. The van der Waals surface area contributed by atoms with Crippen LogP contribution in [0.5, 0.6) is 0 Å². The molecule has 0 bridgehead atoms. The molecule has 0 saturated carbocycles. The van der Waals surface area contributed by atoms with Crippen molar-refractivity contribution in [2.24, 2.45) is 0 Å². The van der Waals surface area contributed by atoms with E-state index in [0.29, 0.717) is 19.5 Å². The van der Waals surface area contributed by atoms with Crippen molar-refractivity contribution in [3.05, 3.63) is 59.7 Å². The second-order valence-electron chi connectivity index (χ2n) is 7.08. The quantitative estimate of drug-likeness (QED) is 0.743. The summed E-state index contributed by atoms with van der Waals surface area (Å²) < 4.78 is 54.9. The summed E-state index contributed by atoms with van der Waals surface area (Å²) in [5.74, 6) is 0. The molecule has 2 aromatic rings. The van der Waals surface area contributed by atoms with Gasteiger partial charge in [0.2, 0.25) is 20.0 Å². The number of rotatable bonds is 7. The summed E-state index contributed by atoms with van der Waals surface area (Å²) in [5.41, 5.74) is 2.00. The highest BCUT2D eigenvalue weighted by molar-refractivity contribution is 7.89. The maximum absolute atomic E-state index is 12.8. The molecule has 1 aliphatic rings. The minimum atomic E-state index is -3.77. The number of nitrogens with zero attached hydrogens (tertiary/aromatic N) is 1. The zero-order chi connectivity index (χ0) is 20.4. The Morgan fingerprint density at radius 2 is 1.43 bits per heavy atom. The standard InChI is InChI=1S/C20H26N2O4S2/c1-3-20(17-8-6-16(2)7-9-17)21-27(23,24)18-10-12-19(13-11-18)28(25,26)22-14-4-5-15-22/h6-13,20-21H,3-5,14-15H2,1-2H3/t20-/m0/s1. The lowest BCUT2D eigenvalue weighted by Crippen LogP contribution is -2.29. The molecule has 8 heteroatoms. The third kappa shape index (κ3) is 4.46. The van der Waals surface area contributed by atoms with Gasteiger partial charge in [0.25, 0.3) is 0 Å². The number of hydrogen-bond donors (Lipinski definition) is 1. The Morgan fingerprint density at radius 1 is 0.893 bits per heavy atom. The summed E-state index contributed by atoms with van der Waals surface area (Å²) in [4.78, 5) is 0.178. The van der Waals surface area contributed by atoms with Gasteiger partial charge in [-0.25, -0.2) is 21.6 Å². The SMILES string of the molecule is CC[C@H](NS(=O)(=O)c1ccc(S(=O)(=O)N2CCCC2)cc1)c1ccc(C)cc1. The van der Waals surface area contributed by atoms with Crippen LogP contribution in [0.15, 0.2) is 58.3 Å². The maximum Gasteiger partial charge on any atom is 0.243 e. The van der Waals surface area contributed by atoms with E-state index in [1.54, 1.807) is 0 Å². The van der Waals surface area contributed by atoms with Crippen LogP contribution < -0.4 is 4.72 Å². The fraction of sp³-hybridized carbons (Fsp3) is 0.400. The van der Waals surface area contributed by atoms with E-state index in [9.17, 15) is 16.8 Å². The Bertz CT molecular complexity index is 1010. The maximum atomic E-state index is 12.8. The molecular weight excluding hydrogens is 396 g/mol. The van der Waals surface area contributed by atoms with Crippen LogP contribution in [-0.2, 0) is 20.0 Å². The van der Waals surface area contributed by atoms with Gasteiger partial charge < -0.3 is 0 Å². The van der Waals surface area contributed by atoms with Gasteiger partial charge in [-0.15, -0.1) is 0 Å². The van der Waals surface area contributed by atoms with E-state index >= 15 is 0 Å². The van der Waals surface area contributed by atoms with Gasteiger partial charge in [-0.3, -0.25) is 0 Å². The highest BCUT2D eigenvalue weighted by atomic mass is 32.2. The van der Waals surface area contributed by atoms with Crippen LogP contribution in [-0.4, -0.2) is 34.2 Å². The monoisotopic (exact) mass is 422 g/mol. The van der Waals surface area contributed by atoms with Gasteiger partial charge >= 0.3 is 0 Å². The van der Waals surface area contributed by atoms with Crippen molar-refractivity contribution in [1.29, 1.82) is 0 Å². The van der Waals surface area contributed by atoms with E-state index in [2.05, 4.69) is 4.72 Å². The van der Waals surface area contributed by atoms with Crippen molar-refractivity contribution < 1.29 is 16.8 Å². The number of nitrogens with one attached hydrogen (secondary N) is 1. The molecule has 1 N–H and O–H groups in total. The fourth-order valence-electron chi connectivity index (χ4n) is 3.31. The van der Waals surface area contributed by atoms with Crippen LogP contribution in [0.2, 0.25) is 0 Å². The van der Waals surface area contributed by atoms with Gasteiger partial charge in [0.1, 0.15) is 0 Å². The lowest BCUT2D eigenvalue weighted by atomic mass is 10.0. The number of hydrogen-bond acceptors (Lipinski definition) is 4. The third-order valence-corrected chi connectivity index (χ3v) is 8.42. The molecule has 28 heavy (non-hydrogen) atoms. The predicted octanol–water partition coefficient (Wildman–Crippen LogP) is 3.21. The van der Waals surface area contributed by atoms with Crippen LogP contribution in [0.25, 0.3) is 0 Å². The normalized spacial score (nSPS) is 16.9. The summed E-state index contributed by atoms with van der Waals surface area (Å²) in [6.07, 6.45) is 2.31. The summed E-state index contributed by atoms with van der Waals surface area (Å²) >= 11 is 0. The van der Waals surface area contributed by atoms with Gasteiger partial charge in [0, 0.05) is 19.1 Å². The van der Waals surface area contributed by atoms with Gasteiger partial charge in [-0.05, 0) is 56.0 Å². The Morgan fingerprint density at radius 3 is 1.96 bits per heavy atom. The lowest BCUT2D eigenvalue weighted by Gasteiger charge is -2.18.